The van der Waals surface area contributed by atoms with E-state index in [1.807, 2.05) is 30.3 Å². The highest BCUT2D eigenvalue weighted by Crippen LogP contribution is 2.46. The van der Waals surface area contributed by atoms with Crippen molar-refractivity contribution in [1.29, 1.82) is 0 Å². The van der Waals surface area contributed by atoms with Gasteiger partial charge in [-0.1, -0.05) is 62.2 Å². The van der Waals surface area contributed by atoms with E-state index in [0.717, 1.165) is 0 Å². The number of carboxylic acids is 1. The monoisotopic (exact) mass is 1020 g/mol. The molecule has 18 heteroatoms. The SMILES string of the molecule is C=CCOC[C@H](CO)Oc1c(Cl)c(C)c(-n2c(-c3ccc(F)cc3)cc3ncnc(OC(Cc4cc(O[Si](C)(C)C(C)(C)C)ccc4OCc4ccnc(-c5ccccc5OC)n4)C(=O)O)c32)c(C)c1Cl. The number of aromatic nitrogens is 5. The van der Waals surface area contributed by atoms with Crippen molar-refractivity contribution in [2.45, 2.75) is 78.0 Å². The number of aliphatic hydroxyl groups excluding tert-OH is 1. The molecule has 7 aromatic rings. The number of methoxy groups -OCH3 is 1. The Balaban J connectivity index is 1.31. The highest BCUT2D eigenvalue weighted by molar-refractivity contribution is 6.74. The van der Waals surface area contributed by atoms with Crippen molar-refractivity contribution in [3.63, 3.8) is 0 Å². The fraction of sp³-hybridized carbons (Fsp3) is 0.302. The van der Waals surface area contributed by atoms with Gasteiger partial charge < -0.3 is 42.9 Å². The minimum Gasteiger partial charge on any atom is -0.543 e. The van der Waals surface area contributed by atoms with Gasteiger partial charge in [-0.05, 0) is 115 Å². The average Bonchev–Trinajstić information content (AvgIpc) is 3.73. The van der Waals surface area contributed by atoms with Crippen LogP contribution in [0.5, 0.6) is 28.9 Å². The Morgan fingerprint density at radius 3 is 2.32 bits per heavy atom. The number of fused-ring (bicyclic) bond motifs is 1. The molecule has 0 bridgehead atoms. The molecule has 0 spiro atoms. The van der Waals surface area contributed by atoms with E-state index < -0.39 is 38.9 Å². The first-order valence-electron chi connectivity index (χ1n) is 22.7. The van der Waals surface area contributed by atoms with Crippen LogP contribution in [0.2, 0.25) is 28.2 Å². The minimum atomic E-state index is -2.37. The first-order chi connectivity index (χ1) is 33.8. The third-order valence-corrected chi connectivity index (χ3v) is 17.6. The Kier molecular flexibility index (Phi) is 16.4. The molecule has 0 radical (unpaired) electrons. The topological polar surface area (TPSA) is 169 Å². The van der Waals surface area contributed by atoms with Gasteiger partial charge in [0.05, 0.1) is 65.1 Å². The van der Waals surface area contributed by atoms with Crippen LogP contribution < -0.4 is 23.4 Å². The Hall–Kier alpha value is -6.56. The van der Waals surface area contributed by atoms with E-state index in [4.69, 9.17) is 56.3 Å². The van der Waals surface area contributed by atoms with Crippen LogP contribution in [0.3, 0.4) is 0 Å². The zero-order chi connectivity index (χ0) is 51.2. The van der Waals surface area contributed by atoms with Crippen LogP contribution in [-0.2, 0) is 22.6 Å². The van der Waals surface area contributed by atoms with Gasteiger partial charge in [-0.3, -0.25) is 0 Å². The number of aliphatic carboxylic acids is 1. The second-order valence-electron chi connectivity index (χ2n) is 18.2. The number of rotatable bonds is 21. The second-order valence-corrected chi connectivity index (χ2v) is 23.7. The first-order valence-corrected chi connectivity index (χ1v) is 26.4. The Bertz CT molecular complexity index is 3030. The maximum atomic E-state index is 14.4. The van der Waals surface area contributed by atoms with Crippen molar-refractivity contribution < 1.29 is 47.5 Å². The number of para-hydroxylation sites is 1. The number of carbonyl (C=O) groups is 1. The lowest BCUT2D eigenvalue weighted by molar-refractivity contribution is -0.145. The number of benzene rings is 4. The predicted octanol–water partition coefficient (Wildman–Crippen LogP) is 11.6. The van der Waals surface area contributed by atoms with E-state index in [0.29, 0.717) is 73.5 Å². The summed E-state index contributed by atoms with van der Waals surface area (Å²) in [7, 11) is -0.784. The van der Waals surface area contributed by atoms with E-state index >= 15 is 0 Å². The first kappa shape index (κ1) is 52.3. The number of nitrogens with zero attached hydrogens (tertiary/aromatic N) is 5. The van der Waals surface area contributed by atoms with E-state index in [9.17, 15) is 19.4 Å². The minimum absolute atomic E-state index is 0.0162. The molecular formula is C53H56Cl2FN5O9Si. The van der Waals surface area contributed by atoms with Gasteiger partial charge in [0, 0.05) is 18.2 Å². The molecule has 0 amide bonds. The van der Waals surface area contributed by atoms with Gasteiger partial charge in [-0.2, -0.15) is 4.98 Å². The Morgan fingerprint density at radius 1 is 0.944 bits per heavy atom. The largest absolute Gasteiger partial charge is 0.543 e. The van der Waals surface area contributed by atoms with Gasteiger partial charge in [0.2, 0.25) is 20.3 Å². The van der Waals surface area contributed by atoms with Crippen molar-refractivity contribution in [2.24, 2.45) is 0 Å². The summed E-state index contributed by atoms with van der Waals surface area (Å²) in [4.78, 5) is 31.8. The fourth-order valence-corrected chi connectivity index (χ4v) is 9.09. The molecular weight excluding hydrogens is 969 g/mol. The lowest BCUT2D eigenvalue weighted by Crippen LogP contribution is -2.43. The molecule has 4 aromatic carbocycles. The van der Waals surface area contributed by atoms with Crippen molar-refractivity contribution >= 4 is 48.5 Å². The van der Waals surface area contributed by atoms with Crippen LogP contribution in [0.4, 0.5) is 4.39 Å². The molecule has 71 heavy (non-hydrogen) atoms. The smallest absolute Gasteiger partial charge is 0.345 e. The molecule has 7 rings (SSSR count). The third kappa shape index (κ3) is 11.6. The zero-order valence-electron chi connectivity index (χ0n) is 40.8. The van der Waals surface area contributed by atoms with Crippen LogP contribution >= 0.6 is 23.2 Å². The molecule has 2 N–H and O–H groups in total. The van der Waals surface area contributed by atoms with Gasteiger partial charge in [-0.25, -0.2) is 24.1 Å². The summed E-state index contributed by atoms with van der Waals surface area (Å²) in [5.41, 5.74) is 4.97. The van der Waals surface area contributed by atoms with Crippen molar-refractivity contribution in [3.8, 4) is 57.2 Å². The number of halogens is 3. The maximum absolute atomic E-state index is 14.4. The number of ether oxygens (including phenoxy) is 5. The van der Waals surface area contributed by atoms with Crippen molar-refractivity contribution in [3.05, 3.63) is 142 Å². The zero-order valence-corrected chi connectivity index (χ0v) is 43.3. The normalized spacial score (nSPS) is 12.6. The fourth-order valence-electron chi connectivity index (χ4n) is 7.56. The summed E-state index contributed by atoms with van der Waals surface area (Å²) in [6.07, 6.45) is 1.94. The van der Waals surface area contributed by atoms with Crippen LogP contribution in [0.1, 0.15) is 43.2 Å². The molecule has 2 atom stereocenters. The molecule has 0 saturated carbocycles. The van der Waals surface area contributed by atoms with Crippen LogP contribution in [0.25, 0.3) is 39.4 Å². The molecule has 0 aliphatic rings. The third-order valence-electron chi connectivity index (χ3n) is 12.3. The Morgan fingerprint density at radius 2 is 1.66 bits per heavy atom. The summed E-state index contributed by atoms with van der Waals surface area (Å²) in [5.74, 6) is 0.299. The molecule has 372 valence electrons. The quantitative estimate of drug-likeness (QED) is 0.0396. The summed E-state index contributed by atoms with van der Waals surface area (Å²) in [6, 6.07) is 22.2. The predicted molar refractivity (Wildman–Crippen MR) is 275 cm³/mol. The van der Waals surface area contributed by atoms with Gasteiger partial charge in [0.15, 0.2) is 11.6 Å². The summed E-state index contributed by atoms with van der Waals surface area (Å²) < 4.78 is 53.1. The lowest BCUT2D eigenvalue weighted by atomic mass is 10.1. The average molecular weight is 1030 g/mol. The second kappa shape index (κ2) is 22.2. The van der Waals surface area contributed by atoms with Crippen molar-refractivity contribution in [1.82, 2.24) is 24.5 Å². The van der Waals surface area contributed by atoms with Gasteiger partial charge in [-0.15, -0.1) is 6.58 Å². The van der Waals surface area contributed by atoms with Gasteiger partial charge in [0.25, 0.3) is 0 Å². The van der Waals surface area contributed by atoms with Crippen LogP contribution in [0, 0.1) is 19.7 Å². The molecule has 0 aliphatic carbocycles. The molecule has 3 aromatic heterocycles. The Labute approximate surface area is 423 Å². The van der Waals surface area contributed by atoms with Crippen molar-refractivity contribution in [2.75, 3.05) is 26.9 Å². The molecule has 0 fully saturated rings. The highest BCUT2D eigenvalue weighted by Gasteiger charge is 2.39. The molecule has 0 aliphatic heterocycles. The molecule has 3 heterocycles. The summed E-state index contributed by atoms with van der Waals surface area (Å²) in [6.45, 7) is 17.7. The summed E-state index contributed by atoms with van der Waals surface area (Å²) in [5, 5.41) is 21.3. The molecule has 1 unspecified atom stereocenters. The molecule has 0 saturated heterocycles. The van der Waals surface area contributed by atoms with E-state index in [-0.39, 0.29) is 58.5 Å². The number of carboxylic acid groups (broad SMARTS) is 1. The number of hydrogen-bond donors (Lipinski definition) is 2. The number of aliphatic hydroxyl groups is 1. The standard InChI is InChI=1S/C53H56Cl2FN5O9Si/c1-10-23-66-29-38(27-62)68-49-45(54)31(2)47(32(3)46(49)55)61-41(33-15-17-35(56)18-16-33)26-40-48(61)51(59-30-58-40)69-44(52(63)64)25-34-24-37(70-71(8,9)53(4,5)6)19-20-42(34)67-28-36-21-22-57-50(60-36)39-13-11-12-14-43(39)65-7/h10-22,24,26,30,38,44,62H,1,23,25,27-29H2,2-9H3,(H,63,64)/t38-,44?/m0/s1. The van der Waals surface area contributed by atoms with E-state index in [2.05, 4.69) is 55.4 Å². The molecule has 14 nitrogen and oxygen atoms in total. The lowest BCUT2D eigenvalue weighted by Gasteiger charge is -2.36. The van der Waals surface area contributed by atoms with E-state index in [1.165, 1.54) is 18.5 Å². The van der Waals surface area contributed by atoms with Gasteiger partial charge >= 0.3 is 5.97 Å². The van der Waals surface area contributed by atoms with E-state index in [1.54, 1.807) is 74.2 Å². The van der Waals surface area contributed by atoms with Crippen LogP contribution in [0.15, 0.2) is 104 Å². The number of hydrogen-bond acceptors (Lipinski definition) is 12. The highest BCUT2D eigenvalue weighted by atomic mass is 35.5. The maximum Gasteiger partial charge on any atom is 0.345 e. The summed E-state index contributed by atoms with van der Waals surface area (Å²) >= 11 is 14.2. The van der Waals surface area contributed by atoms with Gasteiger partial charge in [0.1, 0.15) is 47.6 Å². The van der Waals surface area contributed by atoms with Crippen LogP contribution in [-0.4, -0.2) is 88.1 Å².